The Morgan fingerprint density at radius 3 is 2.85 bits per heavy atom. The van der Waals surface area contributed by atoms with E-state index in [0.717, 1.165) is 21.8 Å². The number of nitrogens with zero attached hydrogens (tertiary/aromatic N) is 2. The minimum absolute atomic E-state index is 0.0746. The fourth-order valence-electron chi connectivity index (χ4n) is 2.38. The van der Waals surface area contributed by atoms with E-state index in [1.165, 1.54) is 29.5 Å². The van der Waals surface area contributed by atoms with E-state index < -0.39 is 5.82 Å². The Hall–Kier alpha value is -2.22. The molecule has 8 heteroatoms. The maximum Gasteiger partial charge on any atom is 0.277 e. The van der Waals surface area contributed by atoms with Gasteiger partial charge in [-0.15, -0.1) is 21.5 Å². The molecule has 26 heavy (non-hydrogen) atoms. The highest BCUT2D eigenvalue weighted by Gasteiger charge is 2.18. The quantitative estimate of drug-likeness (QED) is 0.314. The summed E-state index contributed by atoms with van der Waals surface area (Å²) in [6.07, 6.45) is 0. The van der Waals surface area contributed by atoms with Crippen LogP contribution in [-0.4, -0.2) is 21.7 Å². The van der Waals surface area contributed by atoms with E-state index in [-0.39, 0.29) is 16.8 Å². The molecule has 130 valence electrons. The molecule has 0 aliphatic heterocycles. The highest BCUT2D eigenvalue weighted by Crippen LogP contribution is 2.41. The summed E-state index contributed by atoms with van der Waals surface area (Å²) >= 11 is 8.98. The lowest BCUT2D eigenvalue weighted by Gasteiger charge is -1.98. The number of aromatic nitrogens is 2. The Morgan fingerprint density at radius 2 is 2.04 bits per heavy atom. The molecule has 0 unspecified atom stereocenters. The number of thioether (sulfide) groups is 1. The van der Waals surface area contributed by atoms with E-state index in [1.807, 2.05) is 24.3 Å². The van der Waals surface area contributed by atoms with Crippen LogP contribution < -0.4 is 0 Å². The van der Waals surface area contributed by atoms with Crippen molar-refractivity contribution in [3.63, 3.8) is 0 Å². The molecule has 0 aliphatic carbocycles. The number of hydrogen-bond donors (Lipinski definition) is 0. The topological polar surface area (TPSA) is 56.0 Å². The second-order valence-electron chi connectivity index (χ2n) is 5.34. The van der Waals surface area contributed by atoms with E-state index in [9.17, 15) is 9.18 Å². The van der Waals surface area contributed by atoms with Crippen molar-refractivity contribution in [2.75, 3.05) is 5.75 Å². The number of carbonyl (C=O) groups is 1. The third kappa shape index (κ3) is 3.38. The van der Waals surface area contributed by atoms with Crippen molar-refractivity contribution in [3.05, 3.63) is 64.9 Å². The van der Waals surface area contributed by atoms with E-state index in [0.29, 0.717) is 21.4 Å². The Morgan fingerprint density at radius 1 is 1.19 bits per heavy atom. The van der Waals surface area contributed by atoms with Gasteiger partial charge in [-0.25, -0.2) is 4.39 Å². The Balaban J connectivity index is 1.51. The third-order valence-corrected chi connectivity index (χ3v) is 6.09. The second-order valence-corrected chi connectivity index (χ2v) is 7.69. The van der Waals surface area contributed by atoms with Crippen LogP contribution in [-0.2, 0) is 0 Å². The van der Waals surface area contributed by atoms with Gasteiger partial charge in [-0.2, -0.15) is 0 Å². The summed E-state index contributed by atoms with van der Waals surface area (Å²) in [4.78, 5) is 12.8. The van der Waals surface area contributed by atoms with E-state index in [4.69, 9.17) is 16.0 Å². The number of Topliss-reactive ketones (excluding diaryl/α,β-unsaturated/α-hetero) is 1. The first-order valence-electron chi connectivity index (χ1n) is 7.54. The van der Waals surface area contributed by atoms with Gasteiger partial charge in [0.1, 0.15) is 10.7 Å². The van der Waals surface area contributed by atoms with Crippen LogP contribution in [0.25, 0.3) is 20.9 Å². The molecule has 4 aromatic rings. The van der Waals surface area contributed by atoms with Gasteiger partial charge in [0.05, 0.1) is 10.8 Å². The number of fused-ring (bicyclic) bond motifs is 1. The van der Waals surface area contributed by atoms with E-state index in [1.54, 1.807) is 6.07 Å². The Kier molecular flexibility index (Phi) is 4.76. The van der Waals surface area contributed by atoms with Crippen molar-refractivity contribution < 1.29 is 13.6 Å². The van der Waals surface area contributed by atoms with Crippen molar-refractivity contribution in [1.29, 1.82) is 0 Å². The zero-order valence-corrected chi connectivity index (χ0v) is 15.5. The number of carbonyl (C=O) groups excluding carboxylic acids is 1. The molecule has 0 N–H and O–H groups in total. The van der Waals surface area contributed by atoms with Crippen molar-refractivity contribution in [3.8, 4) is 10.8 Å². The molecule has 2 heterocycles. The highest BCUT2D eigenvalue weighted by molar-refractivity contribution is 7.99. The molecule has 4 nitrogen and oxygen atoms in total. The minimum Gasteiger partial charge on any atom is -0.410 e. The molecule has 0 spiro atoms. The summed E-state index contributed by atoms with van der Waals surface area (Å²) in [6.45, 7) is 0. The average molecular weight is 405 g/mol. The molecular formula is C18H10ClFN2O2S2. The fraction of sp³-hybridized carbons (Fsp3) is 0.0556. The van der Waals surface area contributed by atoms with Gasteiger partial charge >= 0.3 is 0 Å². The summed E-state index contributed by atoms with van der Waals surface area (Å²) in [5.41, 5.74) is 0.310. The molecule has 0 bridgehead atoms. The smallest absolute Gasteiger partial charge is 0.277 e. The van der Waals surface area contributed by atoms with Crippen LogP contribution in [0.2, 0.25) is 5.02 Å². The maximum absolute atomic E-state index is 13.2. The van der Waals surface area contributed by atoms with Crippen LogP contribution >= 0.6 is 34.7 Å². The zero-order valence-electron chi connectivity index (χ0n) is 13.1. The molecule has 0 amide bonds. The molecule has 0 aliphatic rings. The molecule has 0 radical (unpaired) electrons. The van der Waals surface area contributed by atoms with Crippen molar-refractivity contribution in [1.82, 2.24) is 10.2 Å². The van der Waals surface area contributed by atoms with Gasteiger partial charge in [-0.3, -0.25) is 4.79 Å². The van der Waals surface area contributed by atoms with Crippen molar-refractivity contribution in [2.45, 2.75) is 5.22 Å². The Bertz CT molecular complexity index is 1110. The number of rotatable bonds is 5. The average Bonchev–Trinajstić information content (AvgIpc) is 3.25. The van der Waals surface area contributed by atoms with Crippen molar-refractivity contribution >= 4 is 50.6 Å². The number of ketones is 1. The lowest BCUT2D eigenvalue weighted by atomic mass is 10.1. The summed E-state index contributed by atoms with van der Waals surface area (Å²) in [5, 5.41) is 9.75. The van der Waals surface area contributed by atoms with E-state index in [2.05, 4.69) is 10.2 Å². The minimum atomic E-state index is -0.444. The van der Waals surface area contributed by atoms with Crippen LogP contribution in [0, 0.1) is 5.82 Å². The van der Waals surface area contributed by atoms with Crippen LogP contribution in [0.3, 0.4) is 0 Å². The van der Waals surface area contributed by atoms with Crippen LogP contribution in [0.1, 0.15) is 10.4 Å². The lowest BCUT2D eigenvalue weighted by molar-refractivity contribution is 0.102. The first-order chi connectivity index (χ1) is 12.6. The Labute approximate surface area is 161 Å². The third-order valence-electron chi connectivity index (χ3n) is 3.61. The molecular weight excluding hydrogens is 395 g/mol. The zero-order chi connectivity index (χ0) is 18.1. The maximum atomic E-state index is 13.2. The highest BCUT2D eigenvalue weighted by atomic mass is 35.5. The molecule has 0 saturated carbocycles. The molecule has 0 fully saturated rings. The van der Waals surface area contributed by atoms with Crippen molar-refractivity contribution in [2.24, 2.45) is 0 Å². The fourth-order valence-corrected chi connectivity index (χ4v) is 4.47. The standard InChI is InChI=1S/C18H10ClFN2O2S2/c19-15-12-6-1-2-7-14(12)26-16(15)17-21-22-18(24-17)25-9-13(23)10-4-3-5-11(20)8-10/h1-8H,9H2. The second kappa shape index (κ2) is 7.19. The first kappa shape index (κ1) is 17.2. The number of hydrogen-bond acceptors (Lipinski definition) is 6. The number of thiophene rings is 1. The monoisotopic (exact) mass is 404 g/mol. The summed E-state index contributed by atoms with van der Waals surface area (Å²) in [7, 11) is 0. The summed E-state index contributed by atoms with van der Waals surface area (Å²) < 4.78 is 19.9. The van der Waals surface area contributed by atoms with Crippen LogP contribution in [0.5, 0.6) is 0 Å². The number of benzene rings is 2. The largest absolute Gasteiger partial charge is 0.410 e. The van der Waals surface area contributed by atoms with E-state index >= 15 is 0 Å². The van der Waals surface area contributed by atoms with Gasteiger partial charge in [0.25, 0.3) is 11.1 Å². The summed E-state index contributed by atoms with van der Waals surface area (Å²) in [6, 6.07) is 13.3. The van der Waals surface area contributed by atoms with Gasteiger partial charge < -0.3 is 4.42 Å². The van der Waals surface area contributed by atoms with Crippen LogP contribution in [0.4, 0.5) is 4.39 Å². The molecule has 2 aromatic heterocycles. The van der Waals surface area contributed by atoms with Crippen LogP contribution in [0.15, 0.2) is 58.2 Å². The number of halogens is 2. The van der Waals surface area contributed by atoms with Gasteiger partial charge in [0.15, 0.2) is 5.78 Å². The first-order valence-corrected chi connectivity index (χ1v) is 9.72. The normalized spacial score (nSPS) is 11.2. The summed E-state index contributed by atoms with van der Waals surface area (Å²) in [5.74, 6) is -0.267. The molecule has 4 rings (SSSR count). The van der Waals surface area contributed by atoms with Gasteiger partial charge in [-0.1, -0.05) is 53.7 Å². The predicted molar refractivity (Wildman–Crippen MR) is 102 cm³/mol. The SMILES string of the molecule is O=C(CSc1nnc(-c2sc3ccccc3c2Cl)o1)c1cccc(F)c1. The predicted octanol–water partition coefficient (Wildman–Crippen LogP) is 5.72. The molecule has 2 aromatic carbocycles. The lowest BCUT2D eigenvalue weighted by Crippen LogP contribution is -2.02. The van der Waals surface area contributed by atoms with Gasteiger partial charge in [0, 0.05) is 15.6 Å². The van der Waals surface area contributed by atoms with Gasteiger partial charge in [-0.05, 0) is 18.2 Å². The molecule has 0 atom stereocenters. The van der Waals surface area contributed by atoms with Gasteiger partial charge in [0.2, 0.25) is 0 Å². The molecule has 0 saturated heterocycles.